The van der Waals surface area contributed by atoms with Gasteiger partial charge in [-0.3, -0.25) is 4.79 Å². The van der Waals surface area contributed by atoms with Crippen molar-refractivity contribution in [3.63, 3.8) is 0 Å². The van der Waals surface area contributed by atoms with Gasteiger partial charge < -0.3 is 10.2 Å². The highest BCUT2D eigenvalue weighted by molar-refractivity contribution is 5.76. The Kier molecular flexibility index (Phi) is 5.45. The van der Waals surface area contributed by atoms with Crippen LogP contribution in [0, 0.1) is 5.92 Å². The van der Waals surface area contributed by atoms with Crippen molar-refractivity contribution in [3.05, 3.63) is 29.8 Å². The Bertz CT molecular complexity index is 436. The van der Waals surface area contributed by atoms with Gasteiger partial charge in [-0.1, -0.05) is 32.0 Å². The fourth-order valence-corrected chi connectivity index (χ4v) is 2.72. The van der Waals surface area contributed by atoms with Gasteiger partial charge in [0, 0.05) is 31.7 Å². The zero-order chi connectivity index (χ0) is 14.4. The molecule has 0 aliphatic carbocycles. The van der Waals surface area contributed by atoms with Crippen LogP contribution in [0.1, 0.15) is 38.7 Å². The predicted molar refractivity (Wildman–Crippen MR) is 83.9 cm³/mol. The molecule has 1 aromatic rings. The summed E-state index contributed by atoms with van der Waals surface area (Å²) in [6, 6.07) is 8.32. The van der Waals surface area contributed by atoms with Crippen LogP contribution in [0.15, 0.2) is 24.3 Å². The molecule has 1 amide bonds. The second-order valence-electron chi connectivity index (χ2n) is 5.75. The van der Waals surface area contributed by atoms with Crippen LogP contribution in [0.5, 0.6) is 0 Å². The first-order valence-corrected chi connectivity index (χ1v) is 7.80. The second-order valence-corrected chi connectivity index (χ2v) is 5.75. The highest BCUT2D eigenvalue weighted by Gasteiger charge is 2.19. The number of carbonyl (C=O) groups is 1. The Morgan fingerprint density at radius 1 is 1.30 bits per heavy atom. The lowest BCUT2D eigenvalue weighted by Crippen LogP contribution is -2.38. The Hall–Kier alpha value is -1.51. The van der Waals surface area contributed by atoms with E-state index in [4.69, 9.17) is 0 Å². The normalized spacial score (nSPS) is 16.2. The Morgan fingerprint density at radius 2 is 2.00 bits per heavy atom. The van der Waals surface area contributed by atoms with Crippen molar-refractivity contribution in [2.75, 3.05) is 25.0 Å². The first kappa shape index (κ1) is 14.9. The molecule has 20 heavy (non-hydrogen) atoms. The summed E-state index contributed by atoms with van der Waals surface area (Å²) in [5, 5.41) is 3.40. The zero-order valence-corrected chi connectivity index (χ0v) is 12.7. The topological polar surface area (TPSA) is 32.3 Å². The third kappa shape index (κ3) is 3.99. The van der Waals surface area contributed by atoms with Crippen LogP contribution < -0.4 is 5.32 Å². The number of rotatable bonds is 5. The van der Waals surface area contributed by atoms with E-state index in [-0.39, 0.29) is 0 Å². The number of anilines is 1. The number of nitrogens with zero attached hydrogens (tertiary/aromatic N) is 1. The molecule has 3 nitrogen and oxygen atoms in total. The number of piperidine rings is 1. The average Bonchev–Trinajstić information content (AvgIpc) is 2.48. The summed E-state index contributed by atoms with van der Waals surface area (Å²) in [6.07, 6.45) is 3.91. The minimum atomic E-state index is 0.290. The predicted octanol–water partition coefficient (Wildman–Crippen LogP) is 3.31. The third-order valence-corrected chi connectivity index (χ3v) is 4.19. The lowest BCUT2D eigenvalue weighted by atomic mass is 9.99. The van der Waals surface area contributed by atoms with Gasteiger partial charge in [-0.25, -0.2) is 0 Å². The number of aryl methyl sites for hydroxylation is 1. The molecular weight excluding hydrogens is 248 g/mol. The molecule has 0 saturated carbocycles. The summed E-state index contributed by atoms with van der Waals surface area (Å²) in [5.74, 6) is 1.06. The minimum Gasteiger partial charge on any atom is -0.384 e. The summed E-state index contributed by atoms with van der Waals surface area (Å²) in [4.78, 5) is 14.2. The smallest absolute Gasteiger partial charge is 0.224 e. The van der Waals surface area contributed by atoms with Gasteiger partial charge in [0.2, 0.25) is 5.91 Å². The maximum absolute atomic E-state index is 12.1. The number of para-hydroxylation sites is 1. The molecule has 0 unspecified atom stereocenters. The molecule has 1 heterocycles. The Labute approximate surface area is 122 Å². The van der Waals surface area contributed by atoms with Crippen molar-refractivity contribution in [2.45, 2.75) is 39.5 Å². The molecule has 0 spiro atoms. The van der Waals surface area contributed by atoms with E-state index in [1.54, 1.807) is 0 Å². The molecule has 1 aromatic carbocycles. The third-order valence-electron chi connectivity index (χ3n) is 4.19. The van der Waals surface area contributed by atoms with Crippen LogP contribution in [-0.4, -0.2) is 30.4 Å². The molecule has 0 radical (unpaired) electrons. The monoisotopic (exact) mass is 274 g/mol. The number of carbonyl (C=O) groups excluding carboxylic acids is 1. The van der Waals surface area contributed by atoms with E-state index in [2.05, 4.69) is 37.4 Å². The van der Waals surface area contributed by atoms with Crippen LogP contribution in [0.25, 0.3) is 0 Å². The van der Waals surface area contributed by atoms with Crippen LogP contribution in [0.2, 0.25) is 0 Å². The van der Waals surface area contributed by atoms with Crippen LogP contribution >= 0.6 is 0 Å². The summed E-state index contributed by atoms with van der Waals surface area (Å²) < 4.78 is 0. The second kappa shape index (κ2) is 7.32. The zero-order valence-electron chi connectivity index (χ0n) is 12.7. The summed E-state index contributed by atoms with van der Waals surface area (Å²) in [6.45, 7) is 7.02. The van der Waals surface area contributed by atoms with Crippen LogP contribution in [0.4, 0.5) is 5.69 Å². The quantitative estimate of drug-likeness (QED) is 0.893. The van der Waals surface area contributed by atoms with E-state index in [9.17, 15) is 4.79 Å². The molecule has 0 atom stereocenters. The van der Waals surface area contributed by atoms with E-state index in [0.29, 0.717) is 12.3 Å². The largest absolute Gasteiger partial charge is 0.384 e. The summed E-state index contributed by atoms with van der Waals surface area (Å²) in [7, 11) is 0. The van der Waals surface area contributed by atoms with E-state index >= 15 is 0 Å². The number of nitrogens with one attached hydrogen (secondary N) is 1. The maximum Gasteiger partial charge on any atom is 0.224 e. The van der Waals surface area contributed by atoms with Crippen molar-refractivity contribution in [3.8, 4) is 0 Å². The molecule has 1 fully saturated rings. The fraction of sp³-hybridized carbons (Fsp3) is 0.588. The van der Waals surface area contributed by atoms with Crippen molar-refractivity contribution < 1.29 is 4.79 Å². The first-order valence-electron chi connectivity index (χ1n) is 7.80. The van der Waals surface area contributed by atoms with Crippen LogP contribution in [0.3, 0.4) is 0 Å². The summed E-state index contributed by atoms with van der Waals surface area (Å²) in [5.41, 5.74) is 2.47. The molecule has 3 heteroatoms. The van der Waals surface area contributed by atoms with E-state index in [1.807, 2.05) is 11.0 Å². The van der Waals surface area contributed by atoms with E-state index in [0.717, 1.165) is 50.5 Å². The molecule has 1 saturated heterocycles. The molecule has 110 valence electrons. The molecule has 2 rings (SSSR count). The van der Waals surface area contributed by atoms with Gasteiger partial charge in [0.05, 0.1) is 0 Å². The molecule has 0 bridgehead atoms. The van der Waals surface area contributed by atoms with Gasteiger partial charge in [0.1, 0.15) is 0 Å². The van der Waals surface area contributed by atoms with Gasteiger partial charge in [-0.05, 0) is 36.8 Å². The van der Waals surface area contributed by atoms with Crippen molar-refractivity contribution in [2.24, 2.45) is 5.92 Å². The molecule has 1 aliphatic heterocycles. The highest BCUT2D eigenvalue weighted by Crippen LogP contribution is 2.17. The van der Waals surface area contributed by atoms with Crippen molar-refractivity contribution >= 4 is 11.6 Å². The van der Waals surface area contributed by atoms with Crippen molar-refractivity contribution in [1.82, 2.24) is 4.90 Å². The Balaban J connectivity index is 1.76. The fourth-order valence-electron chi connectivity index (χ4n) is 2.72. The number of hydrogen-bond acceptors (Lipinski definition) is 2. The van der Waals surface area contributed by atoms with E-state index in [1.165, 1.54) is 5.56 Å². The lowest BCUT2D eigenvalue weighted by Gasteiger charge is -2.30. The van der Waals surface area contributed by atoms with Gasteiger partial charge in [0.25, 0.3) is 0 Å². The average molecular weight is 274 g/mol. The van der Waals surface area contributed by atoms with Crippen LogP contribution in [-0.2, 0) is 11.2 Å². The molecular formula is C17H26N2O. The molecule has 1 aliphatic rings. The van der Waals surface area contributed by atoms with E-state index < -0.39 is 0 Å². The summed E-state index contributed by atoms with van der Waals surface area (Å²) >= 11 is 0. The molecule has 1 N–H and O–H groups in total. The lowest BCUT2D eigenvalue weighted by molar-refractivity contribution is -0.132. The number of amides is 1. The van der Waals surface area contributed by atoms with Crippen molar-refractivity contribution in [1.29, 1.82) is 0 Å². The number of benzene rings is 1. The highest BCUT2D eigenvalue weighted by atomic mass is 16.2. The number of likely N-dealkylation sites (tertiary alicyclic amines) is 1. The maximum atomic E-state index is 12.1. The number of hydrogen-bond donors (Lipinski definition) is 1. The molecule has 0 aromatic heterocycles. The SMILES string of the molecule is CCc1ccccc1NCCC(=O)N1CCC(C)CC1. The van der Waals surface area contributed by atoms with Gasteiger partial charge in [-0.15, -0.1) is 0 Å². The standard InChI is InChI=1S/C17H26N2O/c1-3-15-6-4-5-7-16(15)18-11-8-17(20)19-12-9-14(2)10-13-19/h4-7,14,18H,3,8-13H2,1-2H3. The van der Waals surface area contributed by atoms with Gasteiger partial charge >= 0.3 is 0 Å². The minimum absolute atomic E-state index is 0.290. The van der Waals surface area contributed by atoms with Gasteiger partial charge in [0.15, 0.2) is 0 Å². The van der Waals surface area contributed by atoms with Gasteiger partial charge in [-0.2, -0.15) is 0 Å². The first-order chi connectivity index (χ1) is 9.70. The Morgan fingerprint density at radius 3 is 2.70 bits per heavy atom.